The summed E-state index contributed by atoms with van der Waals surface area (Å²) in [4.78, 5) is 22.3. The first-order chi connectivity index (χ1) is 6.54. The van der Waals surface area contributed by atoms with Crippen LogP contribution < -0.4 is 5.11 Å². The van der Waals surface area contributed by atoms with Gasteiger partial charge in [0.1, 0.15) is 11.6 Å². The molecule has 0 aliphatic carbocycles. The maximum atomic E-state index is 11.4. The van der Waals surface area contributed by atoms with Gasteiger partial charge in [-0.05, 0) is 13.8 Å². The van der Waals surface area contributed by atoms with Crippen LogP contribution in [0.25, 0.3) is 0 Å². The van der Waals surface area contributed by atoms with E-state index < -0.39 is 21.3 Å². The van der Waals surface area contributed by atoms with Crippen molar-refractivity contribution in [1.29, 1.82) is 0 Å². The number of nitrogens with zero attached hydrogens (tertiary/aromatic N) is 1. The summed E-state index contributed by atoms with van der Waals surface area (Å²) in [6, 6.07) is 0. The van der Waals surface area contributed by atoms with Gasteiger partial charge in [-0.3, -0.25) is 9.69 Å². The number of imide groups is 1. The van der Waals surface area contributed by atoms with Crippen molar-refractivity contribution in [2.24, 2.45) is 0 Å². The first-order valence-corrected chi connectivity index (χ1v) is 4.77. The van der Waals surface area contributed by atoms with Gasteiger partial charge in [0.05, 0.1) is 0 Å². The third-order valence-corrected chi connectivity index (χ3v) is 2.03. The van der Waals surface area contributed by atoms with Gasteiger partial charge in [-0.1, -0.05) is 40.7 Å². The van der Waals surface area contributed by atoms with Gasteiger partial charge in [0, 0.05) is 0 Å². The molecule has 0 aromatic heterocycles. The average molecular weight is 272 g/mol. The molecule has 0 saturated carbocycles. The zero-order chi connectivity index (χ0) is 12.4. The SMILES string of the molecule is C#CC(C)(C)N(C(=O)[O-])C(=O)C(Cl)(Cl)Cl. The molecule has 0 aliphatic rings. The Morgan fingerprint density at radius 1 is 1.33 bits per heavy atom. The van der Waals surface area contributed by atoms with Gasteiger partial charge < -0.3 is 9.90 Å². The van der Waals surface area contributed by atoms with Crippen molar-refractivity contribution in [1.82, 2.24) is 4.90 Å². The van der Waals surface area contributed by atoms with Crippen molar-refractivity contribution in [3.63, 3.8) is 0 Å². The molecule has 0 spiro atoms. The molecule has 0 unspecified atom stereocenters. The lowest BCUT2D eigenvalue weighted by Crippen LogP contribution is -2.58. The number of terminal acetylenes is 1. The van der Waals surface area contributed by atoms with Gasteiger partial charge in [-0.2, -0.15) is 0 Å². The summed E-state index contributed by atoms with van der Waals surface area (Å²) in [7, 11) is 0. The van der Waals surface area contributed by atoms with E-state index in [4.69, 9.17) is 41.2 Å². The van der Waals surface area contributed by atoms with E-state index in [2.05, 4.69) is 5.92 Å². The van der Waals surface area contributed by atoms with Crippen molar-refractivity contribution in [2.75, 3.05) is 0 Å². The number of rotatable bonds is 1. The maximum absolute atomic E-state index is 11.4. The van der Waals surface area contributed by atoms with Crippen molar-refractivity contribution >= 4 is 46.8 Å². The monoisotopic (exact) mass is 270 g/mol. The molecule has 0 N–H and O–H groups in total. The lowest BCUT2D eigenvalue weighted by Gasteiger charge is -2.36. The van der Waals surface area contributed by atoms with Crippen molar-refractivity contribution < 1.29 is 14.7 Å². The molecule has 0 atom stereocenters. The number of hydrogen-bond acceptors (Lipinski definition) is 3. The third kappa shape index (κ3) is 3.45. The van der Waals surface area contributed by atoms with E-state index in [0.29, 0.717) is 0 Å². The molecule has 7 heteroatoms. The standard InChI is InChI=1S/C8H8Cl3NO3/c1-4-7(2,3)12(6(14)15)5(13)8(9,10)11/h1H,2-3H3,(H,14,15)/p-1. The number of carbonyl (C=O) groups excluding carboxylic acids is 2. The normalized spacial score (nSPS) is 11.7. The minimum absolute atomic E-state index is 0.194. The number of carbonyl (C=O) groups is 2. The van der Waals surface area contributed by atoms with Gasteiger partial charge in [0.15, 0.2) is 0 Å². The Bertz CT molecular complexity index is 327. The third-order valence-electron chi connectivity index (χ3n) is 1.54. The Hall–Kier alpha value is -0.630. The van der Waals surface area contributed by atoms with E-state index >= 15 is 0 Å². The van der Waals surface area contributed by atoms with E-state index in [1.165, 1.54) is 13.8 Å². The smallest absolute Gasteiger partial charge is 0.281 e. The highest BCUT2D eigenvalue weighted by Crippen LogP contribution is 2.31. The van der Waals surface area contributed by atoms with Gasteiger partial charge >= 0.3 is 0 Å². The zero-order valence-corrected chi connectivity index (χ0v) is 10.2. The molecule has 0 aromatic rings. The second-order valence-corrected chi connectivity index (χ2v) is 5.39. The summed E-state index contributed by atoms with van der Waals surface area (Å²) in [5.74, 6) is 0.816. The molecular weight excluding hydrogens is 264 g/mol. The van der Waals surface area contributed by atoms with Crippen molar-refractivity contribution in [3.8, 4) is 12.3 Å². The maximum Gasteiger partial charge on any atom is 0.281 e. The highest BCUT2D eigenvalue weighted by Gasteiger charge is 2.41. The Morgan fingerprint density at radius 3 is 1.93 bits per heavy atom. The van der Waals surface area contributed by atoms with Gasteiger partial charge in [-0.15, -0.1) is 6.42 Å². The molecule has 15 heavy (non-hydrogen) atoms. The predicted octanol–water partition coefficient (Wildman–Crippen LogP) is 0.940. The van der Waals surface area contributed by atoms with Crippen LogP contribution in [-0.4, -0.2) is 26.2 Å². The van der Waals surface area contributed by atoms with Gasteiger partial charge in [-0.25, -0.2) is 0 Å². The molecule has 0 heterocycles. The number of halogens is 3. The summed E-state index contributed by atoms with van der Waals surface area (Å²) in [5, 5.41) is 10.7. The number of amides is 2. The van der Waals surface area contributed by atoms with Crippen LogP contribution in [0.5, 0.6) is 0 Å². The molecule has 0 rings (SSSR count). The highest BCUT2D eigenvalue weighted by atomic mass is 35.6. The average Bonchev–Trinajstić information content (AvgIpc) is 2.01. The molecule has 4 nitrogen and oxygen atoms in total. The van der Waals surface area contributed by atoms with Crippen LogP contribution in [0.1, 0.15) is 13.8 Å². The molecule has 0 radical (unpaired) electrons. The van der Waals surface area contributed by atoms with Crippen LogP contribution >= 0.6 is 34.8 Å². The Labute approximate surface area is 102 Å². The predicted molar refractivity (Wildman–Crippen MR) is 55.4 cm³/mol. The second-order valence-electron chi connectivity index (χ2n) is 3.11. The fourth-order valence-corrected chi connectivity index (χ4v) is 1.01. The summed E-state index contributed by atoms with van der Waals surface area (Å²) in [6.07, 6.45) is 3.24. The minimum Gasteiger partial charge on any atom is -0.529 e. The molecule has 0 saturated heterocycles. The molecule has 0 aliphatic heterocycles. The largest absolute Gasteiger partial charge is 0.529 e. The van der Waals surface area contributed by atoms with Gasteiger partial charge in [0.2, 0.25) is 0 Å². The van der Waals surface area contributed by atoms with E-state index in [1.807, 2.05) is 0 Å². The lowest BCUT2D eigenvalue weighted by atomic mass is 10.1. The number of carboxylic acid groups (broad SMARTS) is 1. The van der Waals surface area contributed by atoms with Crippen LogP contribution in [-0.2, 0) is 4.79 Å². The lowest BCUT2D eigenvalue weighted by molar-refractivity contribution is -0.267. The Balaban J connectivity index is 5.30. The zero-order valence-electron chi connectivity index (χ0n) is 7.88. The van der Waals surface area contributed by atoms with Crippen molar-refractivity contribution in [2.45, 2.75) is 23.2 Å². The fourth-order valence-electron chi connectivity index (χ4n) is 0.756. The molecule has 84 valence electrons. The first kappa shape index (κ1) is 14.4. The first-order valence-electron chi connectivity index (χ1n) is 3.64. The number of alkyl halides is 3. The topological polar surface area (TPSA) is 60.4 Å². The Kier molecular flexibility index (Phi) is 4.29. The van der Waals surface area contributed by atoms with E-state index in [-0.39, 0.29) is 4.90 Å². The second kappa shape index (κ2) is 4.48. The van der Waals surface area contributed by atoms with E-state index in [9.17, 15) is 14.7 Å². The summed E-state index contributed by atoms with van der Waals surface area (Å²) >= 11 is 15.8. The summed E-state index contributed by atoms with van der Waals surface area (Å²) in [6.45, 7) is 2.61. The van der Waals surface area contributed by atoms with Gasteiger partial charge in [0.25, 0.3) is 9.70 Å². The van der Waals surface area contributed by atoms with Crippen molar-refractivity contribution in [3.05, 3.63) is 0 Å². The fraction of sp³-hybridized carbons (Fsp3) is 0.500. The van der Waals surface area contributed by atoms with Crippen LogP contribution in [0.4, 0.5) is 4.79 Å². The molecule has 0 bridgehead atoms. The summed E-state index contributed by atoms with van der Waals surface area (Å²) in [5.41, 5.74) is -1.44. The van der Waals surface area contributed by atoms with E-state index in [0.717, 1.165) is 0 Å². The highest BCUT2D eigenvalue weighted by molar-refractivity contribution is 6.76. The molecular formula is C8H7Cl3NO3-. The van der Waals surface area contributed by atoms with Crippen LogP contribution in [0.2, 0.25) is 0 Å². The molecule has 0 aromatic carbocycles. The van der Waals surface area contributed by atoms with Crippen LogP contribution in [0, 0.1) is 12.3 Å². The molecule has 2 amide bonds. The summed E-state index contributed by atoms with van der Waals surface area (Å²) < 4.78 is -2.39. The molecule has 0 fully saturated rings. The minimum atomic E-state index is -2.39. The number of hydrogen-bond donors (Lipinski definition) is 0. The Morgan fingerprint density at radius 2 is 1.73 bits per heavy atom. The quantitative estimate of drug-likeness (QED) is 0.527. The van der Waals surface area contributed by atoms with E-state index in [1.54, 1.807) is 0 Å². The van der Waals surface area contributed by atoms with Crippen LogP contribution in [0.15, 0.2) is 0 Å². The van der Waals surface area contributed by atoms with Crippen LogP contribution in [0.3, 0.4) is 0 Å².